The molecule has 1 aromatic carbocycles. The van der Waals surface area contributed by atoms with Gasteiger partial charge in [0, 0.05) is 17.7 Å². The van der Waals surface area contributed by atoms with Gasteiger partial charge in [-0.25, -0.2) is 8.42 Å². The van der Waals surface area contributed by atoms with Gasteiger partial charge in [-0.2, -0.15) is 0 Å². The van der Waals surface area contributed by atoms with Gasteiger partial charge in [-0.15, -0.1) is 0 Å². The number of nitro groups is 1. The number of hydrogen-bond acceptors (Lipinski definition) is 6. The number of carbonyl (C=O) groups excluding carboxylic acids is 1. The minimum atomic E-state index is -2.99. The molecule has 0 aromatic heterocycles. The standard InChI is InChI=1S/C12H15N3O5S/c13-12(16)8-1-2-10(11(7-8)15(17)18)14-9-3-5-21(19,20)6-4-9/h1-2,7,9,14H,3-6H2,(H2,13,16). The molecule has 0 unspecified atom stereocenters. The van der Waals surface area contributed by atoms with Crippen molar-refractivity contribution in [2.45, 2.75) is 18.9 Å². The van der Waals surface area contributed by atoms with E-state index in [4.69, 9.17) is 5.73 Å². The zero-order chi connectivity index (χ0) is 15.6. The Morgan fingerprint density at radius 2 is 1.95 bits per heavy atom. The highest BCUT2D eigenvalue weighted by molar-refractivity contribution is 7.91. The fourth-order valence-corrected chi connectivity index (χ4v) is 3.70. The molecule has 21 heavy (non-hydrogen) atoms. The van der Waals surface area contributed by atoms with E-state index >= 15 is 0 Å². The van der Waals surface area contributed by atoms with Gasteiger partial charge in [0.2, 0.25) is 5.91 Å². The lowest BCUT2D eigenvalue weighted by Crippen LogP contribution is -2.32. The number of amides is 1. The van der Waals surface area contributed by atoms with Gasteiger partial charge < -0.3 is 11.1 Å². The molecule has 1 aromatic rings. The summed E-state index contributed by atoms with van der Waals surface area (Å²) in [6, 6.07) is 3.79. The van der Waals surface area contributed by atoms with Crippen LogP contribution in [0.15, 0.2) is 18.2 Å². The third-order valence-corrected chi connectivity index (χ3v) is 5.11. The monoisotopic (exact) mass is 313 g/mol. The Morgan fingerprint density at radius 3 is 2.48 bits per heavy atom. The van der Waals surface area contributed by atoms with Crippen molar-refractivity contribution in [1.82, 2.24) is 0 Å². The zero-order valence-corrected chi connectivity index (χ0v) is 11.9. The van der Waals surface area contributed by atoms with E-state index in [2.05, 4.69) is 5.32 Å². The number of nitro benzene ring substituents is 1. The van der Waals surface area contributed by atoms with Crippen molar-refractivity contribution in [2.24, 2.45) is 5.73 Å². The molecule has 0 aliphatic carbocycles. The highest BCUT2D eigenvalue weighted by atomic mass is 32.2. The largest absolute Gasteiger partial charge is 0.377 e. The van der Waals surface area contributed by atoms with Gasteiger partial charge in [-0.1, -0.05) is 0 Å². The van der Waals surface area contributed by atoms with Crippen LogP contribution in [0, 0.1) is 10.1 Å². The van der Waals surface area contributed by atoms with E-state index in [1.807, 2.05) is 0 Å². The van der Waals surface area contributed by atoms with E-state index in [-0.39, 0.29) is 34.5 Å². The van der Waals surface area contributed by atoms with Gasteiger partial charge in [-0.05, 0) is 25.0 Å². The van der Waals surface area contributed by atoms with Crippen molar-refractivity contribution in [3.63, 3.8) is 0 Å². The highest BCUT2D eigenvalue weighted by Crippen LogP contribution is 2.28. The van der Waals surface area contributed by atoms with Gasteiger partial charge in [0.15, 0.2) is 0 Å². The molecule has 1 fully saturated rings. The summed E-state index contributed by atoms with van der Waals surface area (Å²) < 4.78 is 22.7. The summed E-state index contributed by atoms with van der Waals surface area (Å²) in [5, 5.41) is 14.0. The molecule has 2 rings (SSSR count). The number of nitrogens with two attached hydrogens (primary N) is 1. The number of rotatable bonds is 4. The van der Waals surface area contributed by atoms with E-state index in [0.717, 1.165) is 6.07 Å². The Morgan fingerprint density at radius 1 is 1.33 bits per heavy atom. The minimum Gasteiger partial charge on any atom is -0.377 e. The maximum absolute atomic E-state index is 11.4. The van der Waals surface area contributed by atoms with Crippen LogP contribution < -0.4 is 11.1 Å². The van der Waals surface area contributed by atoms with E-state index in [0.29, 0.717) is 12.8 Å². The molecule has 114 valence electrons. The number of sulfone groups is 1. The van der Waals surface area contributed by atoms with Crippen molar-refractivity contribution in [3.8, 4) is 0 Å². The van der Waals surface area contributed by atoms with Crippen molar-refractivity contribution in [3.05, 3.63) is 33.9 Å². The molecule has 1 aliphatic rings. The average molecular weight is 313 g/mol. The van der Waals surface area contributed by atoms with Crippen LogP contribution in [0.5, 0.6) is 0 Å². The summed E-state index contributed by atoms with van der Waals surface area (Å²) in [6.45, 7) is 0. The first kappa shape index (κ1) is 15.2. The van der Waals surface area contributed by atoms with Crippen LogP contribution in [0.2, 0.25) is 0 Å². The molecule has 0 bridgehead atoms. The number of primary amides is 1. The van der Waals surface area contributed by atoms with Crippen LogP contribution in [-0.2, 0) is 9.84 Å². The van der Waals surface area contributed by atoms with Crippen molar-refractivity contribution in [2.75, 3.05) is 16.8 Å². The van der Waals surface area contributed by atoms with Crippen LogP contribution in [-0.4, -0.2) is 36.8 Å². The van der Waals surface area contributed by atoms with E-state index in [1.54, 1.807) is 0 Å². The minimum absolute atomic E-state index is 0.0541. The maximum atomic E-state index is 11.4. The molecule has 9 heteroatoms. The Kier molecular flexibility index (Phi) is 4.12. The molecular weight excluding hydrogens is 298 g/mol. The molecule has 0 spiro atoms. The van der Waals surface area contributed by atoms with Crippen molar-refractivity contribution < 1.29 is 18.1 Å². The molecule has 3 N–H and O–H groups in total. The molecule has 0 radical (unpaired) electrons. The molecule has 1 amide bonds. The summed E-state index contributed by atoms with van der Waals surface area (Å²) in [4.78, 5) is 21.5. The fourth-order valence-electron chi connectivity index (χ4n) is 2.21. The molecule has 1 saturated heterocycles. The first-order chi connectivity index (χ1) is 9.78. The smallest absolute Gasteiger partial charge is 0.293 e. The number of nitrogens with one attached hydrogen (secondary N) is 1. The van der Waals surface area contributed by atoms with Crippen molar-refractivity contribution >= 4 is 27.1 Å². The predicted octanol–water partition coefficient (Wildman–Crippen LogP) is 0.683. The van der Waals surface area contributed by atoms with Crippen LogP contribution in [0.25, 0.3) is 0 Å². The quantitative estimate of drug-likeness (QED) is 0.620. The van der Waals surface area contributed by atoms with Crippen LogP contribution in [0.4, 0.5) is 11.4 Å². The zero-order valence-electron chi connectivity index (χ0n) is 11.1. The average Bonchev–Trinajstić information content (AvgIpc) is 2.41. The Labute approximate surface area is 121 Å². The Bertz CT molecular complexity index is 672. The number of hydrogen-bond donors (Lipinski definition) is 2. The molecule has 1 heterocycles. The lowest BCUT2D eigenvalue weighted by Gasteiger charge is -2.23. The first-order valence-corrected chi connectivity index (χ1v) is 8.16. The fraction of sp³-hybridized carbons (Fsp3) is 0.417. The van der Waals surface area contributed by atoms with E-state index in [1.165, 1.54) is 12.1 Å². The Balaban J connectivity index is 2.20. The highest BCUT2D eigenvalue weighted by Gasteiger charge is 2.25. The summed E-state index contributed by atoms with van der Waals surface area (Å²) in [5.41, 5.74) is 5.16. The van der Waals surface area contributed by atoms with Crippen LogP contribution in [0.3, 0.4) is 0 Å². The van der Waals surface area contributed by atoms with Crippen LogP contribution >= 0.6 is 0 Å². The second-order valence-corrected chi connectivity index (χ2v) is 7.23. The second kappa shape index (κ2) is 5.68. The predicted molar refractivity (Wildman–Crippen MR) is 76.9 cm³/mol. The number of carbonyl (C=O) groups is 1. The molecule has 8 nitrogen and oxygen atoms in total. The number of benzene rings is 1. The SMILES string of the molecule is NC(=O)c1ccc(NC2CCS(=O)(=O)CC2)c([N+](=O)[O-])c1. The summed E-state index contributed by atoms with van der Waals surface area (Å²) in [7, 11) is -2.99. The maximum Gasteiger partial charge on any atom is 0.293 e. The van der Waals surface area contributed by atoms with Crippen LogP contribution in [0.1, 0.15) is 23.2 Å². The first-order valence-electron chi connectivity index (χ1n) is 6.34. The summed E-state index contributed by atoms with van der Waals surface area (Å²) in [6.07, 6.45) is 0.800. The third kappa shape index (κ3) is 3.69. The number of anilines is 1. The lowest BCUT2D eigenvalue weighted by atomic mass is 10.1. The molecule has 0 saturated carbocycles. The van der Waals surface area contributed by atoms with E-state index < -0.39 is 20.7 Å². The molecule has 0 atom stereocenters. The van der Waals surface area contributed by atoms with Gasteiger partial charge in [0.25, 0.3) is 5.69 Å². The van der Waals surface area contributed by atoms with Gasteiger partial charge >= 0.3 is 0 Å². The molecular formula is C12H15N3O5S. The molecule has 1 aliphatic heterocycles. The van der Waals surface area contributed by atoms with Gasteiger partial charge in [0.05, 0.1) is 16.4 Å². The third-order valence-electron chi connectivity index (χ3n) is 3.39. The Hall–Kier alpha value is -2.16. The second-order valence-electron chi connectivity index (χ2n) is 4.92. The normalized spacial score (nSPS) is 18.1. The topological polar surface area (TPSA) is 132 Å². The lowest BCUT2D eigenvalue weighted by molar-refractivity contribution is -0.384. The van der Waals surface area contributed by atoms with E-state index in [9.17, 15) is 23.3 Å². The number of nitrogens with zero attached hydrogens (tertiary/aromatic N) is 1. The summed E-state index contributed by atoms with van der Waals surface area (Å²) >= 11 is 0. The van der Waals surface area contributed by atoms with Gasteiger partial charge in [-0.3, -0.25) is 14.9 Å². The van der Waals surface area contributed by atoms with Crippen molar-refractivity contribution in [1.29, 1.82) is 0 Å². The van der Waals surface area contributed by atoms with Gasteiger partial charge in [0.1, 0.15) is 15.5 Å². The summed E-state index contributed by atoms with van der Waals surface area (Å²) in [5.74, 6) is -0.608.